The molecule has 0 saturated heterocycles. The molecule has 0 aliphatic heterocycles. The lowest BCUT2D eigenvalue weighted by molar-refractivity contribution is 0.565. The molecule has 1 heterocycles. The molecule has 0 atom stereocenters. The van der Waals surface area contributed by atoms with Crippen molar-refractivity contribution in [2.45, 2.75) is 0 Å². The summed E-state index contributed by atoms with van der Waals surface area (Å²) < 4.78 is 5.50. The standard InChI is InChI=1S/C21H18N2O2.ClH/c1-23(2)16-10-8-15(9-11-16)22-19-13-20(24)25-21-17-6-4-3-5-14(17)7-12-18(19)21;/h3-13,22H,1-2H3;1H. The Balaban J connectivity index is 0.00000196. The summed E-state index contributed by atoms with van der Waals surface area (Å²) in [4.78, 5) is 14.1. The van der Waals surface area contributed by atoms with E-state index in [1.165, 1.54) is 6.07 Å². The Morgan fingerprint density at radius 1 is 0.885 bits per heavy atom. The Hall–Kier alpha value is -2.98. The van der Waals surface area contributed by atoms with Crippen LogP contribution in [0.1, 0.15) is 0 Å². The molecular weight excluding hydrogens is 348 g/mol. The third-order valence-corrected chi connectivity index (χ3v) is 4.30. The van der Waals surface area contributed by atoms with Crippen LogP contribution < -0.4 is 15.8 Å². The zero-order valence-corrected chi connectivity index (χ0v) is 15.3. The van der Waals surface area contributed by atoms with E-state index >= 15 is 0 Å². The minimum absolute atomic E-state index is 0. The number of nitrogens with zero attached hydrogens (tertiary/aromatic N) is 1. The van der Waals surface area contributed by atoms with Crippen LogP contribution in [0.15, 0.2) is 75.9 Å². The molecule has 4 rings (SSSR count). The molecule has 0 unspecified atom stereocenters. The topological polar surface area (TPSA) is 45.5 Å². The van der Waals surface area contributed by atoms with E-state index in [1.54, 1.807) is 0 Å². The molecule has 0 aliphatic carbocycles. The molecular formula is C21H19ClN2O2. The van der Waals surface area contributed by atoms with Crippen LogP contribution in [0.3, 0.4) is 0 Å². The van der Waals surface area contributed by atoms with Gasteiger partial charge in [0.15, 0.2) is 0 Å². The van der Waals surface area contributed by atoms with E-state index in [1.807, 2.05) is 79.7 Å². The molecule has 4 aromatic rings. The summed E-state index contributed by atoms with van der Waals surface area (Å²) in [6, 6.07) is 21.5. The predicted octanol–water partition coefficient (Wildman–Crippen LogP) is 5.18. The van der Waals surface area contributed by atoms with Gasteiger partial charge >= 0.3 is 5.63 Å². The fourth-order valence-electron chi connectivity index (χ4n) is 2.99. The fourth-order valence-corrected chi connectivity index (χ4v) is 2.99. The van der Waals surface area contributed by atoms with Crippen molar-refractivity contribution < 1.29 is 4.42 Å². The molecule has 0 bridgehead atoms. The summed E-state index contributed by atoms with van der Waals surface area (Å²) in [7, 11) is 4.01. The monoisotopic (exact) mass is 366 g/mol. The van der Waals surface area contributed by atoms with Gasteiger partial charge < -0.3 is 14.6 Å². The van der Waals surface area contributed by atoms with E-state index in [4.69, 9.17) is 4.42 Å². The second kappa shape index (κ2) is 7.10. The lowest BCUT2D eigenvalue weighted by atomic mass is 10.1. The second-order valence-corrected chi connectivity index (χ2v) is 6.21. The van der Waals surface area contributed by atoms with E-state index in [2.05, 4.69) is 5.32 Å². The van der Waals surface area contributed by atoms with Crippen molar-refractivity contribution in [2.24, 2.45) is 0 Å². The molecule has 26 heavy (non-hydrogen) atoms. The van der Waals surface area contributed by atoms with Crippen molar-refractivity contribution in [3.8, 4) is 0 Å². The summed E-state index contributed by atoms with van der Waals surface area (Å²) in [6.07, 6.45) is 0. The van der Waals surface area contributed by atoms with E-state index in [9.17, 15) is 4.79 Å². The van der Waals surface area contributed by atoms with Crippen molar-refractivity contribution in [1.82, 2.24) is 0 Å². The molecule has 1 N–H and O–H groups in total. The number of halogens is 1. The fraction of sp³-hybridized carbons (Fsp3) is 0.0952. The van der Waals surface area contributed by atoms with Crippen molar-refractivity contribution in [3.05, 3.63) is 77.2 Å². The normalized spacial score (nSPS) is 10.5. The third kappa shape index (κ3) is 3.24. The van der Waals surface area contributed by atoms with Gasteiger partial charge in [-0.05, 0) is 35.7 Å². The van der Waals surface area contributed by atoms with Crippen LogP contribution in [0, 0.1) is 0 Å². The Morgan fingerprint density at radius 3 is 2.35 bits per heavy atom. The Labute approximate surface area is 157 Å². The van der Waals surface area contributed by atoms with Crippen LogP contribution in [0.5, 0.6) is 0 Å². The SMILES string of the molecule is CN(C)c1ccc(Nc2cc(=O)oc3c2ccc2ccccc23)cc1.Cl. The highest BCUT2D eigenvalue weighted by Gasteiger charge is 2.09. The van der Waals surface area contributed by atoms with Gasteiger partial charge in [0.2, 0.25) is 0 Å². The highest BCUT2D eigenvalue weighted by molar-refractivity contribution is 6.08. The molecule has 1 aromatic heterocycles. The zero-order chi connectivity index (χ0) is 17.4. The molecule has 4 nitrogen and oxygen atoms in total. The first kappa shape index (κ1) is 17.8. The lowest BCUT2D eigenvalue weighted by Gasteiger charge is -2.14. The number of anilines is 3. The van der Waals surface area contributed by atoms with Gasteiger partial charge in [-0.1, -0.05) is 30.3 Å². The van der Waals surface area contributed by atoms with Crippen LogP contribution in [0.4, 0.5) is 17.1 Å². The van der Waals surface area contributed by atoms with Crippen LogP contribution in [-0.4, -0.2) is 14.1 Å². The predicted molar refractivity (Wildman–Crippen MR) is 111 cm³/mol. The molecule has 0 saturated carbocycles. The van der Waals surface area contributed by atoms with Gasteiger partial charge in [0.05, 0.1) is 5.69 Å². The maximum Gasteiger partial charge on any atom is 0.338 e. The van der Waals surface area contributed by atoms with Crippen molar-refractivity contribution in [1.29, 1.82) is 0 Å². The van der Waals surface area contributed by atoms with Gasteiger partial charge in [0.1, 0.15) is 5.58 Å². The smallest absolute Gasteiger partial charge is 0.338 e. The molecule has 132 valence electrons. The van der Waals surface area contributed by atoms with Crippen LogP contribution in [0.2, 0.25) is 0 Å². The number of nitrogens with one attached hydrogen (secondary N) is 1. The zero-order valence-electron chi connectivity index (χ0n) is 14.5. The summed E-state index contributed by atoms with van der Waals surface area (Å²) in [5.41, 5.74) is 3.03. The lowest BCUT2D eigenvalue weighted by Crippen LogP contribution is -2.08. The average Bonchev–Trinajstić information content (AvgIpc) is 2.62. The quantitative estimate of drug-likeness (QED) is 0.401. The molecule has 0 fully saturated rings. The minimum atomic E-state index is -0.365. The summed E-state index contributed by atoms with van der Waals surface area (Å²) in [5, 5.41) is 6.21. The van der Waals surface area contributed by atoms with Gasteiger partial charge in [-0.15, -0.1) is 12.4 Å². The summed E-state index contributed by atoms with van der Waals surface area (Å²) in [5.74, 6) is 0. The highest BCUT2D eigenvalue weighted by Crippen LogP contribution is 2.30. The van der Waals surface area contributed by atoms with Crippen molar-refractivity contribution >= 4 is 51.2 Å². The number of benzene rings is 3. The molecule has 0 radical (unpaired) electrons. The summed E-state index contributed by atoms with van der Waals surface area (Å²) >= 11 is 0. The van der Waals surface area contributed by atoms with Gasteiger partial charge in [-0.3, -0.25) is 0 Å². The average molecular weight is 367 g/mol. The number of hydrogen-bond donors (Lipinski definition) is 1. The minimum Gasteiger partial charge on any atom is -0.422 e. The van der Waals surface area contributed by atoms with E-state index in [0.717, 1.165) is 33.2 Å². The first-order chi connectivity index (χ1) is 12.1. The highest BCUT2D eigenvalue weighted by atomic mass is 35.5. The molecule has 5 heteroatoms. The Kier molecular flexibility index (Phi) is 4.87. The maximum absolute atomic E-state index is 12.1. The van der Waals surface area contributed by atoms with Gasteiger partial charge in [0.25, 0.3) is 0 Å². The Morgan fingerprint density at radius 2 is 1.62 bits per heavy atom. The van der Waals surface area contributed by atoms with Crippen LogP contribution in [-0.2, 0) is 0 Å². The molecule has 0 spiro atoms. The molecule has 0 aliphatic rings. The largest absolute Gasteiger partial charge is 0.422 e. The second-order valence-electron chi connectivity index (χ2n) is 6.21. The maximum atomic E-state index is 12.1. The van der Waals surface area contributed by atoms with E-state index in [-0.39, 0.29) is 18.0 Å². The van der Waals surface area contributed by atoms with E-state index in [0.29, 0.717) is 5.58 Å². The summed E-state index contributed by atoms with van der Waals surface area (Å²) in [6.45, 7) is 0. The number of hydrogen-bond acceptors (Lipinski definition) is 4. The van der Waals surface area contributed by atoms with Gasteiger partial charge in [-0.25, -0.2) is 4.79 Å². The number of rotatable bonds is 3. The number of fused-ring (bicyclic) bond motifs is 3. The molecule has 0 amide bonds. The first-order valence-electron chi connectivity index (χ1n) is 8.12. The molecule has 3 aromatic carbocycles. The van der Waals surface area contributed by atoms with Gasteiger partial charge in [0, 0.05) is 42.3 Å². The van der Waals surface area contributed by atoms with Crippen LogP contribution >= 0.6 is 12.4 Å². The Bertz CT molecular complexity index is 1120. The van der Waals surface area contributed by atoms with Crippen molar-refractivity contribution in [2.75, 3.05) is 24.3 Å². The van der Waals surface area contributed by atoms with E-state index < -0.39 is 0 Å². The third-order valence-electron chi connectivity index (χ3n) is 4.30. The van der Waals surface area contributed by atoms with Crippen molar-refractivity contribution in [3.63, 3.8) is 0 Å². The van der Waals surface area contributed by atoms with Crippen LogP contribution in [0.25, 0.3) is 21.7 Å². The van der Waals surface area contributed by atoms with Gasteiger partial charge in [-0.2, -0.15) is 0 Å². The first-order valence-corrected chi connectivity index (χ1v) is 8.12.